The molecule has 0 saturated heterocycles. The van der Waals surface area contributed by atoms with Gasteiger partial charge in [-0.2, -0.15) is 18.4 Å². The molecule has 0 saturated carbocycles. The number of nitrogens with zero attached hydrogens (tertiary/aromatic N) is 2. The van der Waals surface area contributed by atoms with Crippen LogP contribution < -0.4 is 4.90 Å². The molecular formula is C12H9F3N2O. The third kappa shape index (κ3) is 2.69. The van der Waals surface area contributed by atoms with E-state index in [1.54, 1.807) is 6.07 Å². The average molecular weight is 254 g/mol. The summed E-state index contributed by atoms with van der Waals surface area (Å²) in [4.78, 5) is 12.4. The van der Waals surface area contributed by atoms with Gasteiger partial charge in [0.2, 0.25) is 5.91 Å². The van der Waals surface area contributed by atoms with Crippen LogP contribution in [0.3, 0.4) is 0 Å². The van der Waals surface area contributed by atoms with Crippen molar-refractivity contribution >= 4 is 11.6 Å². The van der Waals surface area contributed by atoms with Crippen molar-refractivity contribution in [3.05, 3.63) is 42.0 Å². The summed E-state index contributed by atoms with van der Waals surface area (Å²) in [6, 6.07) is 4.26. The molecule has 0 unspecified atom stereocenters. The molecule has 0 aliphatic carbocycles. The molecule has 0 fully saturated rings. The smallest absolute Gasteiger partial charge is 0.311 e. The minimum absolute atomic E-state index is 0.107. The Morgan fingerprint density at radius 3 is 2.56 bits per heavy atom. The highest BCUT2D eigenvalue weighted by Gasteiger charge is 2.31. The van der Waals surface area contributed by atoms with Crippen molar-refractivity contribution in [1.82, 2.24) is 0 Å². The first-order valence-electron chi connectivity index (χ1n) is 4.82. The standard InChI is InChI=1S/C12H9F3N2O/c1-3-11(18)17(2)10-5-4-9(12(13,14)15)6-8(10)7-16/h3-6H,1H2,2H3. The van der Waals surface area contributed by atoms with E-state index in [4.69, 9.17) is 5.26 Å². The Bertz CT molecular complexity index is 529. The second-order valence-corrected chi connectivity index (χ2v) is 3.44. The van der Waals surface area contributed by atoms with Crippen molar-refractivity contribution in [1.29, 1.82) is 5.26 Å². The van der Waals surface area contributed by atoms with Gasteiger partial charge >= 0.3 is 6.18 Å². The van der Waals surface area contributed by atoms with Crippen LogP contribution in [0.5, 0.6) is 0 Å². The van der Waals surface area contributed by atoms with Crippen molar-refractivity contribution in [2.45, 2.75) is 6.18 Å². The number of rotatable bonds is 2. The number of hydrogen-bond donors (Lipinski definition) is 0. The summed E-state index contributed by atoms with van der Waals surface area (Å²) >= 11 is 0. The van der Waals surface area contributed by atoms with Gasteiger partial charge in [0.25, 0.3) is 0 Å². The molecule has 0 aliphatic rings. The quantitative estimate of drug-likeness (QED) is 0.761. The molecule has 0 atom stereocenters. The largest absolute Gasteiger partial charge is 0.416 e. The van der Waals surface area contributed by atoms with Gasteiger partial charge in [-0.15, -0.1) is 0 Å². The molecule has 1 rings (SSSR count). The van der Waals surface area contributed by atoms with Gasteiger partial charge in [-0.1, -0.05) is 6.58 Å². The van der Waals surface area contributed by atoms with Crippen molar-refractivity contribution < 1.29 is 18.0 Å². The number of alkyl halides is 3. The van der Waals surface area contributed by atoms with E-state index in [-0.39, 0.29) is 11.3 Å². The molecule has 0 bridgehead atoms. The van der Waals surface area contributed by atoms with E-state index in [0.29, 0.717) is 6.07 Å². The second kappa shape index (κ2) is 4.92. The summed E-state index contributed by atoms with van der Waals surface area (Å²) in [6.07, 6.45) is -3.51. The van der Waals surface area contributed by atoms with Crippen LogP contribution in [0.15, 0.2) is 30.9 Å². The molecule has 0 aliphatic heterocycles. The lowest BCUT2D eigenvalue weighted by Crippen LogP contribution is -2.24. The predicted octanol–water partition coefficient (Wildman–Crippen LogP) is 2.73. The van der Waals surface area contributed by atoms with E-state index >= 15 is 0 Å². The maximum Gasteiger partial charge on any atom is 0.416 e. The highest BCUT2D eigenvalue weighted by Crippen LogP contribution is 2.32. The van der Waals surface area contributed by atoms with Gasteiger partial charge in [0.05, 0.1) is 16.8 Å². The second-order valence-electron chi connectivity index (χ2n) is 3.44. The first kappa shape index (κ1) is 13.8. The SMILES string of the molecule is C=CC(=O)N(C)c1ccc(C(F)(F)F)cc1C#N. The molecule has 0 N–H and O–H groups in total. The summed E-state index contributed by atoms with van der Waals surface area (Å²) in [6.45, 7) is 3.27. The van der Waals surface area contributed by atoms with Crippen LogP contribution in [0.2, 0.25) is 0 Å². The zero-order chi connectivity index (χ0) is 13.9. The van der Waals surface area contributed by atoms with E-state index < -0.39 is 17.6 Å². The predicted molar refractivity (Wildman–Crippen MR) is 59.8 cm³/mol. The highest BCUT2D eigenvalue weighted by molar-refractivity contribution is 6.01. The minimum Gasteiger partial charge on any atom is -0.311 e. The van der Waals surface area contributed by atoms with Crippen LogP contribution in [0.25, 0.3) is 0 Å². The van der Waals surface area contributed by atoms with E-state index in [0.717, 1.165) is 23.1 Å². The monoisotopic (exact) mass is 254 g/mol. The Balaban J connectivity index is 3.29. The molecule has 94 valence electrons. The zero-order valence-corrected chi connectivity index (χ0v) is 9.45. The molecular weight excluding hydrogens is 245 g/mol. The third-order valence-corrected chi connectivity index (χ3v) is 2.31. The maximum absolute atomic E-state index is 12.5. The molecule has 18 heavy (non-hydrogen) atoms. The molecule has 0 heterocycles. The summed E-state index contributed by atoms with van der Waals surface area (Å²) in [5, 5.41) is 8.83. The maximum atomic E-state index is 12.5. The third-order valence-electron chi connectivity index (χ3n) is 2.31. The Hall–Kier alpha value is -2.29. The lowest BCUT2D eigenvalue weighted by molar-refractivity contribution is -0.137. The average Bonchev–Trinajstić information content (AvgIpc) is 2.35. The minimum atomic E-state index is -4.52. The fourth-order valence-electron chi connectivity index (χ4n) is 1.35. The number of benzene rings is 1. The molecule has 1 aromatic rings. The van der Waals surface area contributed by atoms with Crippen molar-refractivity contribution in [3.8, 4) is 6.07 Å². The van der Waals surface area contributed by atoms with Crippen LogP contribution in [-0.2, 0) is 11.0 Å². The normalized spacial score (nSPS) is 10.6. The van der Waals surface area contributed by atoms with Crippen LogP contribution in [0.1, 0.15) is 11.1 Å². The summed E-state index contributed by atoms with van der Waals surface area (Å²) < 4.78 is 37.4. The van der Waals surface area contributed by atoms with Gasteiger partial charge in [-0.3, -0.25) is 4.79 Å². The van der Waals surface area contributed by atoms with Gasteiger partial charge in [0.15, 0.2) is 0 Å². The fraction of sp³-hybridized carbons (Fsp3) is 0.167. The zero-order valence-electron chi connectivity index (χ0n) is 9.45. The van der Waals surface area contributed by atoms with Crippen molar-refractivity contribution in [3.63, 3.8) is 0 Å². The topological polar surface area (TPSA) is 44.1 Å². The summed E-state index contributed by atoms with van der Waals surface area (Å²) in [5.41, 5.74) is -1.04. The molecule has 3 nitrogen and oxygen atoms in total. The van der Waals surface area contributed by atoms with E-state index in [1.165, 1.54) is 7.05 Å². The highest BCUT2D eigenvalue weighted by atomic mass is 19.4. The number of carbonyl (C=O) groups is 1. The molecule has 1 aromatic carbocycles. The number of carbonyl (C=O) groups excluding carboxylic acids is 1. The lowest BCUT2D eigenvalue weighted by Gasteiger charge is -2.17. The number of halogens is 3. The molecule has 0 spiro atoms. The van der Waals surface area contributed by atoms with Crippen LogP contribution in [0.4, 0.5) is 18.9 Å². The van der Waals surface area contributed by atoms with Gasteiger partial charge in [-0.05, 0) is 24.3 Å². The van der Waals surface area contributed by atoms with E-state index in [9.17, 15) is 18.0 Å². The number of likely N-dealkylation sites (N-methyl/N-ethyl adjacent to an activating group) is 1. The number of hydrogen-bond acceptors (Lipinski definition) is 2. The van der Waals surface area contributed by atoms with Crippen LogP contribution in [-0.4, -0.2) is 13.0 Å². The lowest BCUT2D eigenvalue weighted by atomic mass is 10.1. The molecule has 0 aromatic heterocycles. The van der Waals surface area contributed by atoms with Crippen LogP contribution >= 0.6 is 0 Å². The van der Waals surface area contributed by atoms with Crippen LogP contribution in [0, 0.1) is 11.3 Å². The fourth-order valence-corrected chi connectivity index (χ4v) is 1.35. The van der Waals surface area contributed by atoms with Gasteiger partial charge < -0.3 is 4.90 Å². The molecule has 1 amide bonds. The van der Waals surface area contributed by atoms with Gasteiger partial charge in [0.1, 0.15) is 6.07 Å². The molecule has 0 radical (unpaired) electrons. The molecule has 6 heteroatoms. The Morgan fingerprint density at radius 1 is 1.50 bits per heavy atom. The first-order chi connectivity index (χ1) is 8.31. The number of anilines is 1. The summed E-state index contributed by atoms with van der Waals surface area (Å²) in [5.74, 6) is -0.508. The van der Waals surface area contributed by atoms with E-state index in [2.05, 4.69) is 6.58 Å². The Labute approximate surface area is 102 Å². The van der Waals surface area contributed by atoms with Crippen molar-refractivity contribution in [2.75, 3.05) is 11.9 Å². The van der Waals surface area contributed by atoms with Gasteiger partial charge in [-0.25, -0.2) is 0 Å². The summed E-state index contributed by atoms with van der Waals surface area (Å²) in [7, 11) is 1.35. The van der Waals surface area contributed by atoms with Crippen molar-refractivity contribution in [2.24, 2.45) is 0 Å². The first-order valence-corrected chi connectivity index (χ1v) is 4.82. The van der Waals surface area contributed by atoms with Gasteiger partial charge in [0, 0.05) is 7.05 Å². The number of nitriles is 1. The van der Waals surface area contributed by atoms with E-state index in [1.807, 2.05) is 0 Å². The Morgan fingerprint density at radius 2 is 2.11 bits per heavy atom. The Kier molecular flexibility index (Phi) is 3.76. The number of amides is 1.